The van der Waals surface area contributed by atoms with Crippen LogP contribution in [0.5, 0.6) is 0 Å². The molecule has 0 aliphatic heterocycles. The molecule has 0 bridgehead atoms. The molecule has 1 saturated carbocycles. The van der Waals surface area contributed by atoms with E-state index in [1.807, 2.05) is 51.1 Å². The van der Waals surface area contributed by atoms with Gasteiger partial charge in [0.15, 0.2) is 0 Å². The number of hydrogen-bond donors (Lipinski definition) is 1. The lowest BCUT2D eigenvalue weighted by Crippen LogP contribution is -2.51. The van der Waals surface area contributed by atoms with Gasteiger partial charge in [-0.3, -0.25) is 13.9 Å². The predicted molar refractivity (Wildman–Crippen MR) is 154 cm³/mol. The molecule has 0 spiro atoms. The molecular weight excluding hydrogens is 522 g/mol. The highest BCUT2D eigenvalue weighted by Gasteiger charge is 2.30. The highest BCUT2D eigenvalue weighted by molar-refractivity contribution is 7.92. The first-order valence-corrected chi connectivity index (χ1v) is 15.6. The maximum atomic E-state index is 13.6. The van der Waals surface area contributed by atoms with Crippen LogP contribution in [0.15, 0.2) is 42.5 Å². The molecule has 2 amide bonds. The predicted octanol–water partition coefficient (Wildman–Crippen LogP) is 5.37. The normalized spacial score (nSPS) is 14.8. The Labute approximate surface area is 232 Å². The van der Waals surface area contributed by atoms with Gasteiger partial charge in [-0.2, -0.15) is 0 Å². The van der Waals surface area contributed by atoms with E-state index in [9.17, 15) is 18.0 Å². The molecule has 9 heteroatoms. The Bertz CT molecular complexity index is 1210. The fourth-order valence-corrected chi connectivity index (χ4v) is 6.18. The summed E-state index contributed by atoms with van der Waals surface area (Å²) in [6.07, 6.45) is 6.26. The number of aryl methyl sites for hydroxylation is 2. The van der Waals surface area contributed by atoms with Crippen molar-refractivity contribution in [3.8, 4) is 0 Å². The molecule has 208 valence electrons. The zero-order chi connectivity index (χ0) is 27.9. The van der Waals surface area contributed by atoms with Crippen molar-refractivity contribution >= 4 is 39.1 Å². The number of nitrogens with one attached hydrogen (secondary N) is 1. The summed E-state index contributed by atoms with van der Waals surface area (Å²) in [5.74, 6) is -0.308. The second kappa shape index (κ2) is 13.5. The van der Waals surface area contributed by atoms with Crippen molar-refractivity contribution in [2.24, 2.45) is 0 Å². The first-order valence-electron chi connectivity index (χ1n) is 13.4. The highest BCUT2D eigenvalue weighted by Crippen LogP contribution is 2.25. The van der Waals surface area contributed by atoms with Crippen molar-refractivity contribution in [2.75, 3.05) is 17.1 Å². The molecule has 3 rings (SSSR count). The van der Waals surface area contributed by atoms with E-state index >= 15 is 0 Å². The third kappa shape index (κ3) is 8.21. The first kappa shape index (κ1) is 30.0. The molecule has 1 atom stereocenters. The Kier molecular flexibility index (Phi) is 10.6. The molecule has 7 nitrogen and oxygen atoms in total. The summed E-state index contributed by atoms with van der Waals surface area (Å²) in [5.41, 5.74) is 3.32. The van der Waals surface area contributed by atoms with Gasteiger partial charge >= 0.3 is 0 Å². The summed E-state index contributed by atoms with van der Waals surface area (Å²) >= 11 is 6.05. The van der Waals surface area contributed by atoms with Gasteiger partial charge in [0.1, 0.15) is 6.04 Å². The van der Waals surface area contributed by atoms with Gasteiger partial charge in [0.2, 0.25) is 21.8 Å². The van der Waals surface area contributed by atoms with Crippen molar-refractivity contribution in [3.05, 3.63) is 64.2 Å². The number of nitrogens with zero attached hydrogens (tertiary/aromatic N) is 2. The van der Waals surface area contributed by atoms with Gasteiger partial charge in [0, 0.05) is 30.6 Å². The van der Waals surface area contributed by atoms with Gasteiger partial charge in [0.05, 0.1) is 11.9 Å². The molecule has 38 heavy (non-hydrogen) atoms. The van der Waals surface area contributed by atoms with Gasteiger partial charge in [-0.1, -0.05) is 55.6 Å². The molecule has 0 radical (unpaired) electrons. The van der Waals surface area contributed by atoms with E-state index in [0.29, 0.717) is 23.6 Å². The molecular formula is C29H40ClN3O4S. The van der Waals surface area contributed by atoms with E-state index in [0.717, 1.165) is 42.4 Å². The Balaban J connectivity index is 1.77. The standard InChI is InChI=1S/C29H40ClN3O4S/c1-5-26(29(35)31-25-9-6-7-10-25)32(20-23-14-16-24(30)17-15-23)28(34)11-8-18-33(38(4,36)37)27-19-21(2)12-13-22(27)3/h12-17,19,25-26H,5-11,18,20H2,1-4H3,(H,31,35). The topological polar surface area (TPSA) is 86.8 Å². The van der Waals surface area contributed by atoms with Crippen LogP contribution in [0.1, 0.15) is 68.6 Å². The average Bonchev–Trinajstić information content (AvgIpc) is 3.36. The Hall–Kier alpha value is -2.58. The molecule has 0 aromatic heterocycles. The van der Waals surface area contributed by atoms with E-state index in [-0.39, 0.29) is 37.4 Å². The number of anilines is 1. The zero-order valence-electron chi connectivity index (χ0n) is 22.9. The number of carbonyl (C=O) groups excluding carboxylic acids is 2. The third-order valence-corrected chi connectivity index (χ3v) is 8.57. The van der Waals surface area contributed by atoms with Gasteiger partial charge in [-0.25, -0.2) is 8.42 Å². The molecule has 2 aromatic rings. The lowest BCUT2D eigenvalue weighted by atomic mass is 10.1. The van der Waals surface area contributed by atoms with Crippen molar-refractivity contribution in [1.29, 1.82) is 0 Å². The second-order valence-electron chi connectivity index (χ2n) is 10.3. The van der Waals surface area contributed by atoms with E-state index in [1.54, 1.807) is 17.0 Å². The Morgan fingerprint density at radius 2 is 1.74 bits per heavy atom. The van der Waals surface area contributed by atoms with Crippen LogP contribution in [0.3, 0.4) is 0 Å². The van der Waals surface area contributed by atoms with Crippen LogP contribution in [-0.4, -0.2) is 50.0 Å². The van der Waals surface area contributed by atoms with Crippen LogP contribution in [0.2, 0.25) is 5.02 Å². The number of hydrogen-bond acceptors (Lipinski definition) is 4. The molecule has 0 heterocycles. The Morgan fingerprint density at radius 1 is 1.08 bits per heavy atom. The summed E-state index contributed by atoms with van der Waals surface area (Å²) in [7, 11) is -3.54. The average molecular weight is 562 g/mol. The minimum absolute atomic E-state index is 0.123. The van der Waals surface area contributed by atoms with Crippen molar-refractivity contribution < 1.29 is 18.0 Å². The molecule has 1 aliphatic carbocycles. The van der Waals surface area contributed by atoms with Crippen molar-refractivity contribution in [2.45, 2.75) is 84.3 Å². The van der Waals surface area contributed by atoms with Crippen molar-refractivity contribution in [3.63, 3.8) is 0 Å². The lowest BCUT2D eigenvalue weighted by Gasteiger charge is -2.32. The smallest absolute Gasteiger partial charge is 0.243 e. The summed E-state index contributed by atoms with van der Waals surface area (Å²) < 4.78 is 26.7. The fourth-order valence-electron chi connectivity index (χ4n) is 5.04. The largest absolute Gasteiger partial charge is 0.352 e. The van der Waals surface area contributed by atoms with E-state index in [1.165, 1.54) is 10.6 Å². The number of sulfonamides is 1. The minimum Gasteiger partial charge on any atom is -0.352 e. The molecule has 2 aromatic carbocycles. The zero-order valence-corrected chi connectivity index (χ0v) is 24.4. The summed E-state index contributed by atoms with van der Waals surface area (Å²) in [6.45, 7) is 6.16. The van der Waals surface area contributed by atoms with Crippen LogP contribution in [-0.2, 0) is 26.2 Å². The summed E-state index contributed by atoms with van der Waals surface area (Å²) in [6, 6.07) is 12.5. The summed E-state index contributed by atoms with van der Waals surface area (Å²) in [5, 5.41) is 3.75. The van der Waals surface area contributed by atoms with Crippen LogP contribution in [0.4, 0.5) is 5.69 Å². The number of halogens is 1. The molecule has 1 fully saturated rings. The van der Waals surface area contributed by atoms with E-state index in [2.05, 4.69) is 5.32 Å². The van der Waals surface area contributed by atoms with Gasteiger partial charge in [-0.15, -0.1) is 0 Å². The lowest BCUT2D eigenvalue weighted by molar-refractivity contribution is -0.141. The van der Waals surface area contributed by atoms with Gasteiger partial charge < -0.3 is 10.2 Å². The molecule has 0 saturated heterocycles. The second-order valence-corrected chi connectivity index (χ2v) is 12.6. The van der Waals surface area contributed by atoms with E-state index < -0.39 is 16.1 Å². The highest BCUT2D eigenvalue weighted by atomic mass is 35.5. The minimum atomic E-state index is -3.54. The summed E-state index contributed by atoms with van der Waals surface area (Å²) in [4.78, 5) is 28.5. The fraction of sp³-hybridized carbons (Fsp3) is 0.517. The SMILES string of the molecule is CCC(C(=O)NC1CCCC1)N(Cc1ccc(Cl)cc1)C(=O)CCCN(c1cc(C)ccc1C)S(C)(=O)=O. The van der Waals surface area contributed by atoms with Crippen LogP contribution < -0.4 is 9.62 Å². The molecule has 1 N–H and O–H groups in total. The molecule has 1 aliphatic rings. The monoisotopic (exact) mass is 561 g/mol. The quantitative estimate of drug-likeness (QED) is 0.377. The van der Waals surface area contributed by atoms with Crippen molar-refractivity contribution in [1.82, 2.24) is 10.2 Å². The van der Waals surface area contributed by atoms with Crippen LogP contribution >= 0.6 is 11.6 Å². The number of amides is 2. The number of carbonyl (C=O) groups is 2. The van der Waals surface area contributed by atoms with Crippen LogP contribution in [0.25, 0.3) is 0 Å². The van der Waals surface area contributed by atoms with Gasteiger partial charge in [0.25, 0.3) is 0 Å². The Morgan fingerprint density at radius 3 is 2.34 bits per heavy atom. The van der Waals surface area contributed by atoms with Gasteiger partial charge in [-0.05, 0) is 74.4 Å². The van der Waals surface area contributed by atoms with E-state index in [4.69, 9.17) is 11.6 Å². The first-order chi connectivity index (χ1) is 18.0. The maximum Gasteiger partial charge on any atom is 0.243 e. The number of benzene rings is 2. The number of rotatable bonds is 12. The van der Waals surface area contributed by atoms with Crippen LogP contribution in [0, 0.1) is 13.8 Å². The molecule has 1 unspecified atom stereocenters. The third-order valence-electron chi connectivity index (χ3n) is 7.14. The maximum absolute atomic E-state index is 13.6.